The fraction of sp³-hybridized carbons (Fsp3) is 0.409. The summed E-state index contributed by atoms with van der Waals surface area (Å²) in [5.74, 6) is 0. The molecule has 2 heteroatoms. The second-order valence-electron chi connectivity index (χ2n) is 8.35. The zero-order chi connectivity index (χ0) is 17.5. The van der Waals surface area contributed by atoms with E-state index in [1.807, 2.05) is 6.07 Å². The lowest BCUT2D eigenvalue weighted by Gasteiger charge is -2.32. The fourth-order valence-electron chi connectivity index (χ4n) is 3.13. The van der Waals surface area contributed by atoms with Crippen molar-refractivity contribution >= 4 is 5.65 Å². The minimum atomic E-state index is 0.0996. The molecule has 2 nitrogen and oxygen atoms in total. The van der Waals surface area contributed by atoms with Crippen molar-refractivity contribution in [3.8, 4) is 11.3 Å². The fourth-order valence-corrected chi connectivity index (χ4v) is 3.13. The molecule has 0 bridgehead atoms. The number of hydrogen-bond acceptors (Lipinski definition) is 1. The van der Waals surface area contributed by atoms with Gasteiger partial charge in [-0.15, -0.1) is 0 Å². The SMILES string of the molecule is CCC(C)(C)c1cn2cc(-c3ccccc3)nc2cc1C(C)(C)C. The van der Waals surface area contributed by atoms with Crippen molar-refractivity contribution in [2.45, 2.75) is 58.8 Å². The molecule has 0 N–H and O–H groups in total. The number of aromatic nitrogens is 2. The normalized spacial score (nSPS) is 12.8. The van der Waals surface area contributed by atoms with E-state index in [-0.39, 0.29) is 10.8 Å². The largest absolute Gasteiger partial charge is 0.306 e. The summed E-state index contributed by atoms with van der Waals surface area (Å²) in [4.78, 5) is 4.87. The highest BCUT2D eigenvalue weighted by Crippen LogP contribution is 2.37. The average molecular weight is 320 g/mol. The highest BCUT2D eigenvalue weighted by molar-refractivity contribution is 5.63. The molecule has 0 amide bonds. The van der Waals surface area contributed by atoms with Gasteiger partial charge in [-0.05, 0) is 34.4 Å². The Morgan fingerprint density at radius 2 is 1.58 bits per heavy atom. The maximum atomic E-state index is 4.87. The number of imidazole rings is 1. The van der Waals surface area contributed by atoms with Crippen LogP contribution in [0.3, 0.4) is 0 Å². The van der Waals surface area contributed by atoms with Crippen molar-refractivity contribution in [2.75, 3.05) is 0 Å². The summed E-state index contributed by atoms with van der Waals surface area (Å²) < 4.78 is 2.18. The Morgan fingerprint density at radius 3 is 2.17 bits per heavy atom. The number of fused-ring (bicyclic) bond motifs is 1. The first-order valence-corrected chi connectivity index (χ1v) is 8.81. The van der Waals surface area contributed by atoms with Gasteiger partial charge in [0.25, 0.3) is 0 Å². The van der Waals surface area contributed by atoms with Gasteiger partial charge in [0.1, 0.15) is 5.65 Å². The van der Waals surface area contributed by atoms with Crippen LogP contribution in [0.1, 0.15) is 59.1 Å². The summed E-state index contributed by atoms with van der Waals surface area (Å²) >= 11 is 0. The molecule has 0 aliphatic rings. The Morgan fingerprint density at radius 1 is 0.917 bits per heavy atom. The standard InChI is InChI=1S/C22H28N2/c1-7-22(5,6)18-14-24-15-19(16-11-9-8-10-12-16)23-20(24)13-17(18)21(2,3)4/h8-15H,7H2,1-6H3. The van der Waals surface area contributed by atoms with Crippen LogP contribution in [0.15, 0.2) is 48.8 Å². The van der Waals surface area contributed by atoms with Gasteiger partial charge < -0.3 is 4.40 Å². The van der Waals surface area contributed by atoms with E-state index < -0.39 is 0 Å². The molecule has 126 valence electrons. The van der Waals surface area contributed by atoms with Crippen LogP contribution in [-0.4, -0.2) is 9.38 Å². The van der Waals surface area contributed by atoms with E-state index >= 15 is 0 Å². The predicted octanol–water partition coefficient (Wildman–Crippen LogP) is 5.99. The van der Waals surface area contributed by atoms with Crippen molar-refractivity contribution in [3.63, 3.8) is 0 Å². The van der Waals surface area contributed by atoms with E-state index in [1.54, 1.807) is 0 Å². The van der Waals surface area contributed by atoms with Crippen LogP contribution in [0, 0.1) is 0 Å². The molecular weight excluding hydrogens is 292 g/mol. The predicted molar refractivity (Wildman–Crippen MR) is 103 cm³/mol. The first-order chi connectivity index (χ1) is 11.2. The highest BCUT2D eigenvalue weighted by atomic mass is 15.0. The second kappa shape index (κ2) is 5.77. The first-order valence-electron chi connectivity index (χ1n) is 8.81. The van der Waals surface area contributed by atoms with Crippen LogP contribution >= 0.6 is 0 Å². The number of nitrogens with zero attached hydrogens (tertiary/aromatic N) is 2. The zero-order valence-corrected chi connectivity index (χ0v) is 15.7. The molecule has 2 aromatic heterocycles. The molecule has 2 heterocycles. The van der Waals surface area contributed by atoms with Crippen molar-refractivity contribution in [1.82, 2.24) is 9.38 Å². The van der Waals surface area contributed by atoms with Gasteiger partial charge in [-0.2, -0.15) is 0 Å². The highest BCUT2D eigenvalue weighted by Gasteiger charge is 2.28. The third kappa shape index (κ3) is 2.98. The lowest BCUT2D eigenvalue weighted by molar-refractivity contribution is 0.477. The van der Waals surface area contributed by atoms with Gasteiger partial charge in [0, 0.05) is 18.0 Å². The van der Waals surface area contributed by atoms with Gasteiger partial charge in [-0.3, -0.25) is 0 Å². The van der Waals surface area contributed by atoms with E-state index in [4.69, 9.17) is 4.98 Å². The quantitative estimate of drug-likeness (QED) is 0.579. The maximum absolute atomic E-state index is 4.87. The third-order valence-electron chi connectivity index (χ3n) is 5.08. The smallest absolute Gasteiger partial charge is 0.137 e. The third-order valence-corrected chi connectivity index (χ3v) is 5.08. The molecule has 0 aliphatic heterocycles. The molecule has 3 rings (SSSR count). The summed E-state index contributed by atoms with van der Waals surface area (Å²) in [6, 6.07) is 12.7. The number of pyridine rings is 1. The molecule has 0 unspecified atom stereocenters. The Kier molecular flexibility index (Phi) is 4.03. The lowest BCUT2D eigenvalue weighted by atomic mass is 9.74. The Hall–Kier alpha value is -2.09. The molecule has 0 saturated heterocycles. The van der Waals surface area contributed by atoms with Gasteiger partial charge in [0.05, 0.1) is 5.69 Å². The van der Waals surface area contributed by atoms with Crippen LogP contribution in [0.2, 0.25) is 0 Å². The van der Waals surface area contributed by atoms with Crippen molar-refractivity contribution in [3.05, 3.63) is 59.9 Å². The van der Waals surface area contributed by atoms with Gasteiger partial charge in [-0.25, -0.2) is 4.98 Å². The topological polar surface area (TPSA) is 17.3 Å². The Balaban J connectivity index is 2.24. The molecular formula is C22H28N2. The van der Waals surface area contributed by atoms with E-state index in [0.29, 0.717) is 0 Å². The van der Waals surface area contributed by atoms with Crippen molar-refractivity contribution < 1.29 is 0 Å². The van der Waals surface area contributed by atoms with Crippen LogP contribution in [-0.2, 0) is 10.8 Å². The van der Waals surface area contributed by atoms with Crippen LogP contribution in [0.5, 0.6) is 0 Å². The van der Waals surface area contributed by atoms with Crippen LogP contribution in [0.4, 0.5) is 0 Å². The summed E-state index contributed by atoms with van der Waals surface area (Å²) in [6.07, 6.45) is 5.55. The van der Waals surface area contributed by atoms with Gasteiger partial charge in [-0.1, -0.05) is 71.9 Å². The molecule has 0 saturated carbocycles. The summed E-state index contributed by atoms with van der Waals surface area (Å²) in [5.41, 5.74) is 6.27. The van der Waals surface area contributed by atoms with E-state index in [9.17, 15) is 0 Å². The number of rotatable bonds is 3. The van der Waals surface area contributed by atoms with E-state index in [1.165, 1.54) is 11.1 Å². The lowest BCUT2D eigenvalue weighted by Crippen LogP contribution is -2.24. The zero-order valence-electron chi connectivity index (χ0n) is 15.7. The minimum Gasteiger partial charge on any atom is -0.306 e. The van der Waals surface area contributed by atoms with E-state index in [2.05, 4.69) is 88.7 Å². The van der Waals surface area contributed by atoms with Crippen molar-refractivity contribution in [1.29, 1.82) is 0 Å². The molecule has 3 aromatic rings. The van der Waals surface area contributed by atoms with Crippen LogP contribution in [0.25, 0.3) is 16.9 Å². The second-order valence-corrected chi connectivity index (χ2v) is 8.35. The summed E-state index contributed by atoms with van der Waals surface area (Å²) in [6.45, 7) is 13.8. The Bertz CT molecular complexity index is 849. The summed E-state index contributed by atoms with van der Waals surface area (Å²) in [5, 5.41) is 0. The molecule has 0 radical (unpaired) electrons. The van der Waals surface area contributed by atoms with Crippen molar-refractivity contribution in [2.24, 2.45) is 0 Å². The molecule has 0 fully saturated rings. The molecule has 0 spiro atoms. The maximum Gasteiger partial charge on any atom is 0.137 e. The average Bonchev–Trinajstić information content (AvgIpc) is 2.97. The number of benzene rings is 1. The van der Waals surface area contributed by atoms with Gasteiger partial charge in [0.2, 0.25) is 0 Å². The molecule has 0 aliphatic carbocycles. The minimum absolute atomic E-state index is 0.0996. The summed E-state index contributed by atoms with van der Waals surface area (Å²) in [7, 11) is 0. The molecule has 0 atom stereocenters. The van der Waals surface area contributed by atoms with Crippen LogP contribution < -0.4 is 0 Å². The molecule has 24 heavy (non-hydrogen) atoms. The first kappa shape index (κ1) is 16.8. The van der Waals surface area contributed by atoms with Gasteiger partial charge >= 0.3 is 0 Å². The Labute approximate surface area is 145 Å². The monoisotopic (exact) mass is 320 g/mol. The van der Waals surface area contributed by atoms with Gasteiger partial charge in [0.15, 0.2) is 0 Å². The number of hydrogen-bond donors (Lipinski definition) is 0. The molecule has 1 aromatic carbocycles. The van der Waals surface area contributed by atoms with E-state index in [0.717, 1.165) is 23.3 Å².